The number of fused-ring (bicyclic) bond motifs is 1. The molecule has 0 bridgehead atoms. The number of hydrogen-bond acceptors (Lipinski definition) is 2. The number of ether oxygens (including phenoxy) is 1. The molecule has 3 aromatic carbocycles. The zero-order chi connectivity index (χ0) is 26.2. The predicted molar refractivity (Wildman–Crippen MR) is 159 cm³/mol. The average molecular weight is 508 g/mol. The summed E-state index contributed by atoms with van der Waals surface area (Å²) in [6.45, 7) is 11.4. The highest BCUT2D eigenvalue weighted by molar-refractivity contribution is 7.01. The van der Waals surface area contributed by atoms with Gasteiger partial charge in [0.05, 0.1) is 7.11 Å². The van der Waals surface area contributed by atoms with Crippen LogP contribution in [0.15, 0.2) is 103 Å². The summed E-state index contributed by atoms with van der Waals surface area (Å²) in [5.41, 5.74) is 4.51. The van der Waals surface area contributed by atoms with Crippen LogP contribution in [-0.4, -0.2) is 20.9 Å². The molecule has 0 spiro atoms. The van der Waals surface area contributed by atoms with E-state index in [2.05, 4.69) is 137 Å². The summed E-state index contributed by atoms with van der Waals surface area (Å²) >= 11 is 0. The molecular weight excluding hydrogens is 466 g/mol. The first-order valence-corrected chi connectivity index (χ1v) is 15.7. The summed E-state index contributed by atoms with van der Waals surface area (Å²) in [5.74, 6) is 2.30. The van der Waals surface area contributed by atoms with E-state index in [-0.39, 0.29) is 5.54 Å². The van der Waals surface area contributed by atoms with Crippen molar-refractivity contribution in [3.63, 3.8) is 0 Å². The standard InChI is InChI=1S/C34H41NOSi/c1-24-12-17-28(18-13-24)37(35-34(3,4)5,29-19-14-25(2)15-20-29)33-23-31(26-10-8-7-9-11-26)32-22-27(36-6)16-21-30(32)33/h7-22,30-33,35H,23H2,1-6H3. The second-order valence-electron chi connectivity index (χ2n) is 12.1. The van der Waals surface area contributed by atoms with Crippen molar-refractivity contribution in [2.24, 2.45) is 11.8 Å². The van der Waals surface area contributed by atoms with Crippen LogP contribution in [0.5, 0.6) is 0 Å². The van der Waals surface area contributed by atoms with Gasteiger partial charge in [-0.25, -0.2) is 0 Å². The van der Waals surface area contributed by atoms with Crippen LogP contribution in [0.2, 0.25) is 5.54 Å². The van der Waals surface area contributed by atoms with Gasteiger partial charge in [-0.1, -0.05) is 96.1 Å². The Bertz CT molecular complexity index is 1220. The molecule has 2 nitrogen and oxygen atoms in total. The smallest absolute Gasteiger partial charge is 0.194 e. The molecule has 1 fully saturated rings. The first-order chi connectivity index (χ1) is 17.7. The average Bonchev–Trinajstić information content (AvgIpc) is 3.27. The Morgan fingerprint density at radius 2 is 1.35 bits per heavy atom. The van der Waals surface area contributed by atoms with Crippen LogP contribution >= 0.6 is 0 Å². The van der Waals surface area contributed by atoms with Crippen LogP contribution in [0.1, 0.15) is 49.8 Å². The molecule has 0 aromatic heterocycles. The van der Waals surface area contributed by atoms with Gasteiger partial charge in [0.1, 0.15) is 5.76 Å². The molecular formula is C34H41NOSi. The molecule has 0 radical (unpaired) electrons. The number of benzene rings is 3. The predicted octanol–water partition coefficient (Wildman–Crippen LogP) is 6.64. The van der Waals surface area contributed by atoms with Gasteiger partial charge in [-0.05, 0) is 92.4 Å². The van der Waals surface area contributed by atoms with Crippen LogP contribution in [-0.2, 0) is 4.74 Å². The lowest BCUT2D eigenvalue weighted by molar-refractivity contribution is 0.294. The molecule has 0 amide bonds. The van der Waals surface area contributed by atoms with Gasteiger partial charge in [-0.3, -0.25) is 0 Å². The Balaban J connectivity index is 1.75. The van der Waals surface area contributed by atoms with E-state index in [1.165, 1.54) is 27.1 Å². The number of aryl methyl sites for hydroxylation is 2. The lowest BCUT2D eigenvalue weighted by atomic mass is 9.82. The molecule has 192 valence electrons. The first kappa shape index (κ1) is 25.8. The molecule has 0 saturated heterocycles. The number of hydrogen-bond donors (Lipinski definition) is 1. The zero-order valence-electron chi connectivity index (χ0n) is 23.2. The first-order valence-electron chi connectivity index (χ1n) is 13.6. The summed E-state index contributed by atoms with van der Waals surface area (Å²) in [4.78, 5) is 4.37. The van der Waals surface area contributed by atoms with E-state index in [9.17, 15) is 0 Å². The molecule has 37 heavy (non-hydrogen) atoms. The summed E-state index contributed by atoms with van der Waals surface area (Å²) < 4.78 is 5.75. The molecule has 3 heteroatoms. The van der Waals surface area contributed by atoms with Gasteiger partial charge >= 0.3 is 0 Å². The van der Waals surface area contributed by atoms with Crippen molar-refractivity contribution in [2.75, 3.05) is 7.11 Å². The largest absolute Gasteiger partial charge is 0.497 e. The van der Waals surface area contributed by atoms with Gasteiger partial charge in [0.25, 0.3) is 0 Å². The van der Waals surface area contributed by atoms with E-state index < -0.39 is 8.24 Å². The van der Waals surface area contributed by atoms with Gasteiger partial charge < -0.3 is 9.72 Å². The van der Waals surface area contributed by atoms with Crippen molar-refractivity contribution in [2.45, 2.75) is 58.0 Å². The van der Waals surface area contributed by atoms with Crippen LogP contribution in [0, 0.1) is 25.7 Å². The maximum absolute atomic E-state index is 5.75. The summed E-state index contributed by atoms with van der Waals surface area (Å²) in [6.07, 6.45) is 8.23. The fourth-order valence-electron chi connectivity index (χ4n) is 6.78. The summed E-state index contributed by atoms with van der Waals surface area (Å²) in [6, 6.07) is 30.0. The number of nitrogens with one attached hydrogen (secondary N) is 1. The third-order valence-electron chi connectivity index (χ3n) is 8.33. The van der Waals surface area contributed by atoms with Crippen LogP contribution in [0.25, 0.3) is 0 Å². The quantitative estimate of drug-likeness (QED) is 0.378. The number of allylic oxidation sites excluding steroid dienone is 3. The number of methoxy groups -OCH3 is 1. The molecule has 0 aliphatic heterocycles. The normalized spacial score (nSPS) is 23.5. The van der Waals surface area contributed by atoms with E-state index >= 15 is 0 Å². The van der Waals surface area contributed by atoms with Crippen molar-refractivity contribution < 1.29 is 4.74 Å². The molecule has 2 aliphatic carbocycles. The molecule has 5 rings (SSSR count). The molecule has 1 N–H and O–H groups in total. The third kappa shape index (κ3) is 5.00. The van der Waals surface area contributed by atoms with Crippen molar-refractivity contribution in [1.82, 2.24) is 4.98 Å². The monoisotopic (exact) mass is 507 g/mol. The highest BCUT2D eigenvalue weighted by Gasteiger charge is 2.56. The fourth-order valence-corrected chi connectivity index (χ4v) is 12.5. The topological polar surface area (TPSA) is 21.3 Å². The Morgan fingerprint density at radius 1 is 0.784 bits per heavy atom. The van der Waals surface area contributed by atoms with E-state index in [0.29, 0.717) is 23.3 Å². The van der Waals surface area contributed by atoms with Crippen molar-refractivity contribution >= 4 is 18.6 Å². The van der Waals surface area contributed by atoms with Crippen molar-refractivity contribution in [3.8, 4) is 0 Å². The van der Waals surface area contributed by atoms with E-state index in [0.717, 1.165) is 12.2 Å². The van der Waals surface area contributed by atoms with E-state index in [1.54, 1.807) is 7.11 Å². The highest BCUT2D eigenvalue weighted by Crippen LogP contribution is 2.56. The van der Waals surface area contributed by atoms with Gasteiger partial charge in [-0.15, -0.1) is 0 Å². The maximum atomic E-state index is 5.75. The van der Waals surface area contributed by atoms with E-state index in [4.69, 9.17) is 4.74 Å². The Kier molecular flexibility index (Phi) is 7.04. The van der Waals surface area contributed by atoms with E-state index in [1.807, 2.05) is 0 Å². The van der Waals surface area contributed by atoms with Crippen molar-refractivity contribution in [1.29, 1.82) is 0 Å². The zero-order valence-corrected chi connectivity index (χ0v) is 24.2. The minimum atomic E-state index is -2.48. The molecule has 1 saturated carbocycles. The SMILES string of the molecule is COC1=CC2C(c3ccccc3)CC([Si](NC(C)(C)C)(c3ccc(C)cc3)c3ccc(C)cc3)C2C=C1. The Labute approximate surface area is 224 Å². The molecule has 4 atom stereocenters. The van der Waals surface area contributed by atoms with Gasteiger partial charge in [0.2, 0.25) is 0 Å². The second kappa shape index (κ2) is 10.1. The lowest BCUT2D eigenvalue weighted by Gasteiger charge is -2.46. The van der Waals surface area contributed by atoms with Crippen LogP contribution in [0.3, 0.4) is 0 Å². The second-order valence-corrected chi connectivity index (χ2v) is 15.8. The summed E-state index contributed by atoms with van der Waals surface area (Å²) in [5, 5.41) is 2.95. The maximum Gasteiger partial charge on any atom is 0.194 e. The fraction of sp³-hybridized carbons (Fsp3) is 0.353. The van der Waals surface area contributed by atoms with Crippen molar-refractivity contribution in [3.05, 3.63) is 120 Å². The van der Waals surface area contributed by atoms with Crippen LogP contribution < -0.4 is 15.4 Å². The Hall–Kier alpha value is -2.88. The minimum absolute atomic E-state index is 0.0335. The molecule has 0 heterocycles. The third-order valence-corrected chi connectivity index (χ3v) is 13.7. The molecule has 2 aliphatic rings. The molecule has 3 aromatic rings. The Morgan fingerprint density at radius 3 is 1.86 bits per heavy atom. The van der Waals surface area contributed by atoms with Gasteiger partial charge in [0.15, 0.2) is 8.24 Å². The number of rotatable bonds is 6. The van der Waals surface area contributed by atoms with Gasteiger partial charge in [0, 0.05) is 5.54 Å². The van der Waals surface area contributed by atoms with Crippen LogP contribution in [0.4, 0.5) is 0 Å². The summed E-state index contributed by atoms with van der Waals surface area (Å²) in [7, 11) is -0.691. The lowest BCUT2D eigenvalue weighted by Crippen LogP contribution is -2.75. The highest BCUT2D eigenvalue weighted by atomic mass is 28.3. The molecule has 4 unspecified atom stereocenters. The van der Waals surface area contributed by atoms with Gasteiger partial charge in [-0.2, -0.15) is 0 Å². The minimum Gasteiger partial charge on any atom is -0.497 e.